The van der Waals surface area contributed by atoms with Crippen molar-refractivity contribution in [2.24, 2.45) is 0 Å². The number of nitrogens with zero attached hydrogens (tertiary/aromatic N) is 2. The monoisotopic (exact) mass is 509 g/mol. The number of nitrogens with one attached hydrogen (secondary N) is 1. The number of halogens is 4. The van der Waals surface area contributed by atoms with E-state index in [1.165, 1.54) is 18.2 Å². The quantitative estimate of drug-likeness (QED) is 0.523. The SMILES string of the molecule is OC1CO[C@H]2[C@@H]1OC[C@H]2Oc1cc2nc(-c3ccc(N4CCOCC4)cc3F)c(C(F)(F)F)cc2[nH]1. The van der Waals surface area contributed by atoms with E-state index in [1.807, 2.05) is 4.90 Å². The number of hydrogen-bond donors (Lipinski definition) is 2. The fraction of sp³-hybridized carbons (Fsp3) is 0.458. The Morgan fingerprint density at radius 2 is 1.83 bits per heavy atom. The minimum absolute atomic E-state index is 0.0919. The lowest BCUT2D eigenvalue weighted by atomic mass is 10.0. The third-order valence-electron chi connectivity index (χ3n) is 6.73. The summed E-state index contributed by atoms with van der Waals surface area (Å²) in [5.41, 5.74) is -0.957. The number of morpholine rings is 1. The van der Waals surface area contributed by atoms with Crippen LogP contribution in [0.25, 0.3) is 22.3 Å². The van der Waals surface area contributed by atoms with Gasteiger partial charge in [0.2, 0.25) is 0 Å². The molecule has 0 radical (unpaired) electrons. The van der Waals surface area contributed by atoms with Crippen LogP contribution in [-0.4, -0.2) is 79.0 Å². The van der Waals surface area contributed by atoms with Crippen LogP contribution in [0.15, 0.2) is 30.3 Å². The number of pyridine rings is 1. The molecule has 2 N–H and O–H groups in total. The molecule has 0 bridgehead atoms. The first-order valence-electron chi connectivity index (χ1n) is 11.6. The molecule has 12 heteroatoms. The molecule has 5 heterocycles. The van der Waals surface area contributed by atoms with Gasteiger partial charge in [-0.15, -0.1) is 0 Å². The van der Waals surface area contributed by atoms with E-state index >= 15 is 4.39 Å². The summed E-state index contributed by atoms with van der Waals surface area (Å²) in [5.74, 6) is -0.625. The molecular formula is C24H23F4N3O5. The van der Waals surface area contributed by atoms with E-state index < -0.39 is 47.7 Å². The van der Waals surface area contributed by atoms with Crippen LogP contribution in [0, 0.1) is 5.82 Å². The molecule has 1 unspecified atom stereocenters. The Morgan fingerprint density at radius 1 is 1.06 bits per heavy atom. The van der Waals surface area contributed by atoms with Crippen molar-refractivity contribution in [2.45, 2.75) is 30.6 Å². The van der Waals surface area contributed by atoms with Gasteiger partial charge in [0.1, 0.15) is 24.1 Å². The summed E-state index contributed by atoms with van der Waals surface area (Å²) >= 11 is 0. The van der Waals surface area contributed by atoms with Gasteiger partial charge in [-0.3, -0.25) is 0 Å². The number of benzene rings is 1. The second-order valence-electron chi connectivity index (χ2n) is 9.03. The fourth-order valence-electron chi connectivity index (χ4n) is 4.94. The first kappa shape index (κ1) is 23.5. The molecule has 192 valence electrons. The molecule has 0 aliphatic carbocycles. The van der Waals surface area contributed by atoms with Crippen LogP contribution in [-0.2, 0) is 20.4 Å². The highest BCUT2D eigenvalue weighted by Crippen LogP contribution is 2.40. The number of aromatic amines is 1. The van der Waals surface area contributed by atoms with E-state index in [2.05, 4.69) is 9.97 Å². The largest absolute Gasteiger partial charge is 0.470 e. The third-order valence-corrected chi connectivity index (χ3v) is 6.73. The number of hydrogen-bond acceptors (Lipinski definition) is 7. The van der Waals surface area contributed by atoms with Crippen LogP contribution in [0.2, 0.25) is 0 Å². The van der Waals surface area contributed by atoms with Gasteiger partial charge in [0.15, 0.2) is 12.0 Å². The van der Waals surface area contributed by atoms with Gasteiger partial charge in [-0.05, 0) is 24.3 Å². The number of ether oxygens (including phenoxy) is 4. The summed E-state index contributed by atoms with van der Waals surface area (Å²) in [7, 11) is 0. The zero-order valence-electron chi connectivity index (χ0n) is 18.9. The Labute approximate surface area is 202 Å². The highest BCUT2D eigenvalue weighted by Gasteiger charge is 2.48. The van der Waals surface area contributed by atoms with Gasteiger partial charge >= 0.3 is 6.18 Å². The molecule has 3 aliphatic rings. The van der Waals surface area contributed by atoms with E-state index in [4.69, 9.17) is 18.9 Å². The summed E-state index contributed by atoms with van der Waals surface area (Å²) < 4.78 is 79.4. The van der Waals surface area contributed by atoms with Gasteiger partial charge in [0.25, 0.3) is 0 Å². The highest BCUT2D eigenvalue weighted by atomic mass is 19.4. The molecule has 0 amide bonds. The molecule has 2 aromatic heterocycles. The summed E-state index contributed by atoms with van der Waals surface area (Å²) in [5, 5.41) is 9.89. The lowest BCUT2D eigenvalue weighted by Gasteiger charge is -2.29. The maximum Gasteiger partial charge on any atom is 0.418 e. The summed E-state index contributed by atoms with van der Waals surface area (Å²) in [6.45, 7) is 2.42. The molecule has 1 aromatic carbocycles. The van der Waals surface area contributed by atoms with Crippen molar-refractivity contribution in [1.82, 2.24) is 9.97 Å². The molecule has 36 heavy (non-hydrogen) atoms. The molecule has 6 rings (SSSR count). The Morgan fingerprint density at radius 3 is 2.58 bits per heavy atom. The lowest BCUT2D eigenvalue weighted by molar-refractivity contribution is -0.137. The van der Waals surface area contributed by atoms with Crippen LogP contribution in [0.3, 0.4) is 0 Å². The number of rotatable bonds is 4. The molecule has 3 aliphatic heterocycles. The predicted octanol–water partition coefficient (Wildman–Crippen LogP) is 3.13. The maximum absolute atomic E-state index is 15.1. The highest BCUT2D eigenvalue weighted by molar-refractivity contribution is 5.83. The standard InChI is InChI=1S/C24H23F4N3O5/c25-15-7-12(31-3-5-33-6-4-31)1-2-13(15)21-14(24(26,27)28)8-16-17(30-21)9-20(29-16)36-19-11-35-22-18(32)10-34-23(19)22/h1-2,7-9,18-19,22-23,29,32H,3-6,10-11H2/t18?,19-,22-,23-/m1/s1. The summed E-state index contributed by atoms with van der Waals surface area (Å²) in [6.07, 6.45) is -7.07. The van der Waals surface area contributed by atoms with Gasteiger partial charge < -0.3 is 33.9 Å². The maximum atomic E-state index is 15.1. The Kier molecular flexibility index (Phi) is 5.78. The molecule has 4 atom stereocenters. The first-order valence-corrected chi connectivity index (χ1v) is 11.6. The second kappa shape index (κ2) is 8.87. The number of aromatic nitrogens is 2. The molecule has 0 spiro atoms. The van der Waals surface area contributed by atoms with Crippen LogP contribution in [0.4, 0.5) is 23.2 Å². The van der Waals surface area contributed by atoms with Crippen molar-refractivity contribution < 1.29 is 41.6 Å². The Balaban J connectivity index is 1.34. The topological polar surface area (TPSA) is 89.1 Å². The average molecular weight is 509 g/mol. The summed E-state index contributed by atoms with van der Waals surface area (Å²) in [4.78, 5) is 8.90. The number of H-pyrrole nitrogens is 1. The van der Waals surface area contributed by atoms with Crippen LogP contribution in [0.5, 0.6) is 5.88 Å². The van der Waals surface area contributed by atoms with E-state index in [-0.39, 0.29) is 35.7 Å². The Hall–Kier alpha value is -2.93. The van der Waals surface area contributed by atoms with Gasteiger partial charge in [-0.25, -0.2) is 9.37 Å². The lowest BCUT2D eigenvalue weighted by Crippen LogP contribution is -2.36. The third kappa shape index (κ3) is 4.17. The van der Waals surface area contributed by atoms with E-state index in [9.17, 15) is 18.3 Å². The Bertz CT molecular complexity index is 1280. The van der Waals surface area contributed by atoms with Gasteiger partial charge in [0.05, 0.1) is 48.7 Å². The molecule has 8 nitrogen and oxygen atoms in total. The van der Waals surface area contributed by atoms with E-state index in [0.717, 1.165) is 6.07 Å². The summed E-state index contributed by atoms with van der Waals surface area (Å²) in [6, 6.07) is 6.51. The van der Waals surface area contributed by atoms with Crippen LogP contribution >= 0.6 is 0 Å². The molecular weight excluding hydrogens is 486 g/mol. The van der Waals surface area contributed by atoms with Crippen LogP contribution < -0.4 is 9.64 Å². The van der Waals surface area contributed by atoms with Gasteiger partial charge in [-0.1, -0.05) is 0 Å². The zero-order chi connectivity index (χ0) is 25.0. The average Bonchev–Trinajstić information content (AvgIpc) is 3.54. The normalized spacial score (nSPS) is 26.5. The van der Waals surface area contributed by atoms with Crippen molar-refractivity contribution >= 4 is 16.7 Å². The number of fused-ring (bicyclic) bond motifs is 2. The van der Waals surface area contributed by atoms with E-state index in [0.29, 0.717) is 32.0 Å². The fourth-order valence-corrected chi connectivity index (χ4v) is 4.94. The number of alkyl halides is 3. The van der Waals surface area contributed by atoms with E-state index in [1.54, 1.807) is 6.07 Å². The molecule has 3 saturated heterocycles. The zero-order valence-corrected chi connectivity index (χ0v) is 18.9. The molecule has 0 saturated carbocycles. The second-order valence-corrected chi connectivity index (χ2v) is 9.03. The minimum atomic E-state index is -4.77. The van der Waals surface area contributed by atoms with Gasteiger partial charge in [0, 0.05) is 30.4 Å². The molecule has 3 aromatic rings. The number of anilines is 1. The number of aliphatic hydroxyl groups is 1. The smallest absolute Gasteiger partial charge is 0.418 e. The molecule has 3 fully saturated rings. The van der Waals surface area contributed by atoms with Crippen molar-refractivity contribution in [3.63, 3.8) is 0 Å². The van der Waals surface area contributed by atoms with Gasteiger partial charge in [-0.2, -0.15) is 13.2 Å². The van der Waals surface area contributed by atoms with Crippen molar-refractivity contribution in [3.05, 3.63) is 41.7 Å². The van der Waals surface area contributed by atoms with Crippen molar-refractivity contribution in [1.29, 1.82) is 0 Å². The van der Waals surface area contributed by atoms with Crippen molar-refractivity contribution in [2.75, 3.05) is 44.4 Å². The minimum Gasteiger partial charge on any atom is -0.470 e. The number of aliphatic hydroxyl groups excluding tert-OH is 1. The first-order chi connectivity index (χ1) is 17.3. The predicted molar refractivity (Wildman–Crippen MR) is 119 cm³/mol. The van der Waals surface area contributed by atoms with Crippen LogP contribution in [0.1, 0.15) is 5.56 Å². The van der Waals surface area contributed by atoms with Crippen molar-refractivity contribution in [3.8, 4) is 17.1 Å².